The maximum absolute atomic E-state index is 11.3. The van der Waals surface area contributed by atoms with E-state index in [1.54, 1.807) is 13.3 Å². The molecular formula is C12H18N2O2. The minimum atomic E-state index is 0.0842. The third kappa shape index (κ3) is 5.46. The first-order valence-electron chi connectivity index (χ1n) is 5.47. The molecule has 0 saturated heterocycles. The maximum atomic E-state index is 11.3. The van der Waals surface area contributed by atoms with E-state index in [1.807, 2.05) is 18.3 Å². The molecule has 0 radical (unpaired) electrons. The summed E-state index contributed by atoms with van der Waals surface area (Å²) in [6, 6.07) is 3.90. The van der Waals surface area contributed by atoms with Gasteiger partial charge in [0.15, 0.2) is 0 Å². The van der Waals surface area contributed by atoms with Crippen LogP contribution >= 0.6 is 0 Å². The Bertz CT molecular complexity index is 301. The van der Waals surface area contributed by atoms with Crippen LogP contribution < -0.4 is 5.32 Å². The Hall–Kier alpha value is -1.42. The summed E-state index contributed by atoms with van der Waals surface area (Å²) in [4.78, 5) is 15.3. The Balaban J connectivity index is 2.09. The minimum absolute atomic E-state index is 0.0842. The molecule has 0 atom stereocenters. The predicted molar refractivity (Wildman–Crippen MR) is 62.1 cm³/mol. The van der Waals surface area contributed by atoms with Crippen LogP contribution in [0.2, 0.25) is 0 Å². The quantitative estimate of drug-likeness (QED) is 0.704. The van der Waals surface area contributed by atoms with Crippen LogP contribution in [0.25, 0.3) is 0 Å². The van der Waals surface area contributed by atoms with Gasteiger partial charge >= 0.3 is 0 Å². The summed E-state index contributed by atoms with van der Waals surface area (Å²) in [6.07, 6.45) is 5.68. The van der Waals surface area contributed by atoms with Crippen molar-refractivity contribution in [2.24, 2.45) is 0 Å². The van der Waals surface area contributed by atoms with Gasteiger partial charge in [0.1, 0.15) is 0 Å². The number of ether oxygens (including phenoxy) is 1. The molecule has 0 aliphatic rings. The molecule has 1 aromatic rings. The van der Waals surface area contributed by atoms with E-state index in [0.717, 1.165) is 18.4 Å². The van der Waals surface area contributed by atoms with E-state index < -0.39 is 0 Å². The lowest BCUT2D eigenvalue weighted by molar-refractivity contribution is -0.121. The molecule has 0 aromatic carbocycles. The van der Waals surface area contributed by atoms with Gasteiger partial charge in [0.2, 0.25) is 5.91 Å². The molecule has 1 amide bonds. The van der Waals surface area contributed by atoms with Gasteiger partial charge in [0.05, 0.1) is 0 Å². The first-order chi connectivity index (χ1) is 7.83. The molecule has 88 valence electrons. The van der Waals surface area contributed by atoms with Crippen molar-refractivity contribution in [2.45, 2.75) is 19.3 Å². The second-order valence-corrected chi connectivity index (χ2v) is 3.56. The zero-order valence-corrected chi connectivity index (χ0v) is 9.61. The van der Waals surface area contributed by atoms with Crippen molar-refractivity contribution < 1.29 is 9.53 Å². The smallest absolute Gasteiger partial charge is 0.220 e. The monoisotopic (exact) mass is 222 g/mol. The number of rotatable bonds is 7. The number of nitrogens with one attached hydrogen (secondary N) is 1. The number of hydrogen-bond acceptors (Lipinski definition) is 3. The summed E-state index contributed by atoms with van der Waals surface area (Å²) < 4.78 is 4.88. The first kappa shape index (κ1) is 12.6. The Kier molecular flexibility index (Phi) is 6.18. The summed E-state index contributed by atoms with van der Waals surface area (Å²) in [5.41, 5.74) is 1.14. The zero-order valence-electron chi connectivity index (χ0n) is 9.61. The highest BCUT2D eigenvalue weighted by Gasteiger charge is 2.00. The van der Waals surface area contributed by atoms with E-state index in [1.165, 1.54) is 0 Å². The molecule has 4 heteroatoms. The second kappa shape index (κ2) is 7.82. The lowest BCUT2D eigenvalue weighted by atomic mass is 10.2. The van der Waals surface area contributed by atoms with Crippen LogP contribution in [0.4, 0.5) is 0 Å². The van der Waals surface area contributed by atoms with Crippen LogP contribution in [0, 0.1) is 0 Å². The number of carbonyl (C=O) groups excluding carboxylic acids is 1. The van der Waals surface area contributed by atoms with Gasteiger partial charge < -0.3 is 10.1 Å². The van der Waals surface area contributed by atoms with Gasteiger partial charge in [-0.1, -0.05) is 6.07 Å². The Morgan fingerprint density at radius 1 is 1.56 bits per heavy atom. The number of aromatic nitrogens is 1. The second-order valence-electron chi connectivity index (χ2n) is 3.56. The van der Waals surface area contributed by atoms with E-state index in [9.17, 15) is 4.79 Å². The Morgan fingerprint density at radius 2 is 2.44 bits per heavy atom. The molecule has 0 aliphatic heterocycles. The predicted octanol–water partition coefficient (Wildman–Crippen LogP) is 1.17. The highest BCUT2D eigenvalue weighted by molar-refractivity contribution is 5.75. The summed E-state index contributed by atoms with van der Waals surface area (Å²) in [5.74, 6) is 0.0842. The van der Waals surface area contributed by atoms with Gasteiger partial charge in [-0.25, -0.2) is 0 Å². The molecule has 1 rings (SSSR count). The summed E-state index contributed by atoms with van der Waals surface area (Å²) >= 11 is 0. The van der Waals surface area contributed by atoms with Crippen molar-refractivity contribution in [3.8, 4) is 0 Å². The van der Waals surface area contributed by atoms with Crippen molar-refractivity contribution in [2.75, 3.05) is 20.3 Å². The van der Waals surface area contributed by atoms with E-state index >= 15 is 0 Å². The van der Waals surface area contributed by atoms with Crippen LogP contribution in [0.1, 0.15) is 18.4 Å². The lowest BCUT2D eigenvalue weighted by Crippen LogP contribution is -2.25. The Morgan fingerprint density at radius 3 is 3.12 bits per heavy atom. The molecular weight excluding hydrogens is 204 g/mol. The van der Waals surface area contributed by atoms with E-state index in [2.05, 4.69) is 10.3 Å². The van der Waals surface area contributed by atoms with Gasteiger partial charge in [-0.3, -0.25) is 9.78 Å². The third-order valence-corrected chi connectivity index (χ3v) is 2.21. The molecule has 0 unspecified atom stereocenters. The van der Waals surface area contributed by atoms with E-state index in [4.69, 9.17) is 4.74 Å². The number of hydrogen-bond donors (Lipinski definition) is 1. The number of nitrogens with zero attached hydrogens (tertiary/aromatic N) is 1. The van der Waals surface area contributed by atoms with Crippen molar-refractivity contribution in [1.82, 2.24) is 10.3 Å². The van der Waals surface area contributed by atoms with E-state index in [-0.39, 0.29) is 5.91 Å². The van der Waals surface area contributed by atoms with Crippen LogP contribution in [0.15, 0.2) is 24.5 Å². The highest BCUT2D eigenvalue weighted by atomic mass is 16.5. The fourth-order valence-corrected chi connectivity index (χ4v) is 1.36. The van der Waals surface area contributed by atoms with Gasteiger partial charge in [-0.15, -0.1) is 0 Å². The highest BCUT2D eigenvalue weighted by Crippen LogP contribution is 1.96. The number of carbonyl (C=O) groups is 1. The lowest BCUT2D eigenvalue weighted by Gasteiger charge is -2.04. The molecule has 0 aliphatic carbocycles. The van der Waals surface area contributed by atoms with Crippen LogP contribution in [0.3, 0.4) is 0 Å². The number of methoxy groups -OCH3 is 1. The summed E-state index contributed by atoms with van der Waals surface area (Å²) in [7, 11) is 1.64. The largest absolute Gasteiger partial charge is 0.385 e. The van der Waals surface area contributed by atoms with Crippen molar-refractivity contribution in [3.63, 3.8) is 0 Å². The number of pyridine rings is 1. The van der Waals surface area contributed by atoms with Crippen LogP contribution in [-0.2, 0) is 16.0 Å². The average Bonchev–Trinajstić information content (AvgIpc) is 2.31. The molecule has 1 heterocycles. The standard InChI is InChI=1S/C12H18N2O2/c1-16-9-3-5-12(15)14-8-6-11-4-2-7-13-10-11/h2,4,7,10H,3,5-6,8-9H2,1H3,(H,14,15). The molecule has 1 aromatic heterocycles. The molecule has 16 heavy (non-hydrogen) atoms. The zero-order chi connectivity index (χ0) is 11.6. The van der Waals surface area contributed by atoms with Gasteiger partial charge in [-0.05, 0) is 24.5 Å². The third-order valence-electron chi connectivity index (χ3n) is 2.21. The molecule has 0 spiro atoms. The maximum Gasteiger partial charge on any atom is 0.220 e. The molecule has 4 nitrogen and oxygen atoms in total. The summed E-state index contributed by atoms with van der Waals surface area (Å²) in [6.45, 7) is 1.30. The molecule has 0 bridgehead atoms. The van der Waals surface area contributed by atoms with Gasteiger partial charge in [-0.2, -0.15) is 0 Å². The van der Waals surface area contributed by atoms with Crippen LogP contribution in [0.5, 0.6) is 0 Å². The van der Waals surface area contributed by atoms with Gasteiger partial charge in [0.25, 0.3) is 0 Å². The molecule has 0 saturated carbocycles. The summed E-state index contributed by atoms with van der Waals surface area (Å²) in [5, 5.41) is 2.87. The van der Waals surface area contributed by atoms with E-state index in [0.29, 0.717) is 19.6 Å². The average molecular weight is 222 g/mol. The van der Waals surface area contributed by atoms with Crippen molar-refractivity contribution in [1.29, 1.82) is 0 Å². The fraction of sp³-hybridized carbons (Fsp3) is 0.500. The van der Waals surface area contributed by atoms with Crippen molar-refractivity contribution >= 4 is 5.91 Å². The topological polar surface area (TPSA) is 51.2 Å². The van der Waals surface area contributed by atoms with Crippen molar-refractivity contribution in [3.05, 3.63) is 30.1 Å². The minimum Gasteiger partial charge on any atom is -0.385 e. The first-order valence-corrected chi connectivity index (χ1v) is 5.47. The molecule has 1 N–H and O–H groups in total. The normalized spacial score (nSPS) is 10.1. The number of amides is 1. The SMILES string of the molecule is COCCCC(=O)NCCc1cccnc1. The fourth-order valence-electron chi connectivity index (χ4n) is 1.36. The molecule has 0 fully saturated rings. The van der Waals surface area contributed by atoms with Gasteiger partial charge in [0, 0.05) is 39.1 Å². The Labute approximate surface area is 96.0 Å². The van der Waals surface area contributed by atoms with Crippen LogP contribution in [-0.4, -0.2) is 31.2 Å².